The lowest BCUT2D eigenvalue weighted by atomic mass is 10.1. The number of carbonyl (C=O) groups excluding carboxylic acids is 2. The molecule has 2 aromatic carbocycles. The van der Waals surface area contributed by atoms with Crippen LogP contribution < -0.4 is 10.3 Å². The second-order valence-corrected chi connectivity index (χ2v) is 6.47. The molecule has 3 rings (SSSR count). The highest BCUT2D eigenvalue weighted by molar-refractivity contribution is 6.00. The van der Waals surface area contributed by atoms with Crippen molar-refractivity contribution in [3.8, 4) is 5.75 Å². The van der Waals surface area contributed by atoms with Crippen LogP contribution in [0.3, 0.4) is 0 Å². The van der Waals surface area contributed by atoms with Crippen LogP contribution in [0.4, 0.5) is 5.69 Å². The lowest BCUT2D eigenvalue weighted by Crippen LogP contribution is -2.30. The maximum atomic E-state index is 12.3. The lowest BCUT2D eigenvalue weighted by Gasteiger charge is -2.17. The summed E-state index contributed by atoms with van der Waals surface area (Å²) in [5.74, 6) is -0.748. The van der Waals surface area contributed by atoms with E-state index in [1.165, 1.54) is 6.21 Å². The SMILES string of the molecule is Cc1ccc(N2C[C@@H](C(=O)N/N=C\c3ccccc3O)CC2=O)cc1C. The molecule has 134 valence electrons. The number of aromatic hydroxyl groups is 1. The molecular formula is C20H21N3O3. The standard InChI is InChI=1S/C20H21N3O3/c1-13-7-8-17(9-14(13)2)23-12-16(10-19(23)25)20(26)22-21-11-15-5-3-4-6-18(15)24/h3-9,11,16,24H,10,12H2,1-2H3,(H,22,26)/b21-11-/t16-/m0/s1. The summed E-state index contributed by atoms with van der Waals surface area (Å²) in [6.07, 6.45) is 1.54. The first-order valence-electron chi connectivity index (χ1n) is 8.44. The second-order valence-electron chi connectivity index (χ2n) is 6.47. The van der Waals surface area contributed by atoms with Gasteiger partial charge in [-0.1, -0.05) is 18.2 Å². The minimum atomic E-state index is -0.453. The molecule has 0 unspecified atom stereocenters. The van der Waals surface area contributed by atoms with Gasteiger partial charge in [-0.15, -0.1) is 0 Å². The predicted octanol–water partition coefficient (Wildman–Crippen LogP) is 2.51. The van der Waals surface area contributed by atoms with Crippen molar-refractivity contribution in [3.05, 3.63) is 59.2 Å². The normalized spacial score (nSPS) is 17.1. The molecule has 6 nitrogen and oxygen atoms in total. The van der Waals surface area contributed by atoms with E-state index in [0.717, 1.165) is 16.8 Å². The Morgan fingerprint density at radius 3 is 2.73 bits per heavy atom. The number of nitrogens with zero attached hydrogens (tertiary/aromatic N) is 2. The molecule has 26 heavy (non-hydrogen) atoms. The van der Waals surface area contributed by atoms with Gasteiger partial charge in [-0.25, -0.2) is 5.43 Å². The summed E-state index contributed by atoms with van der Waals surface area (Å²) in [6, 6.07) is 12.5. The fraction of sp³-hybridized carbons (Fsp3) is 0.250. The van der Waals surface area contributed by atoms with Gasteiger partial charge in [0.25, 0.3) is 0 Å². The molecular weight excluding hydrogens is 330 g/mol. The first-order valence-corrected chi connectivity index (χ1v) is 8.44. The number of benzene rings is 2. The highest BCUT2D eigenvalue weighted by atomic mass is 16.3. The molecule has 0 bridgehead atoms. The predicted molar refractivity (Wildman–Crippen MR) is 100 cm³/mol. The van der Waals surface area contributed by atoms with E-state index in [2.05, 4.69) is 10.5 Å². The summed E-state index contributed by atoms with van der Waals surface area (Å²) < 4.78 is 0. The quantitative estimate of drug-likeness (QED) is 0.656. The van der Waals surface area contributed by atoms with E-state index in [4.69, 9.17) is 0 Å². The van der Waals surface area contributed by atoms with Crippen LogP contribution in [-0.2, 0) is 9.59 Å². The van der Waals surface area contributed by atoms with Crippen LogP contribution in [0.2, 0.25) is 0 Å². The average molecular weight is 351 g/mol. The zero-order valence-electron chi connectivity index (χ0n) is 14.8. The topological polar surface area (TPSA) is 82.0 Å². The number of rotatable bonds is 4. The Morgan fingerprint density at radius 2 is 2.00 bits per heavy atom. The van der Waals surface area contributed by atoms with Gasteiger partial charge in [0.15, 0.2) is 0 Å². The van der Waals surface area contributed by atoms with Gasteiger partial charge in [-0.3, -0.25) is 9.59 Å². The maximum Gasteiger partial charge on any atom is 0.245 e. The molecule has 2 amide bonds. The number of hydrazone groups is 1. The number of phenolic OH excluding ortho intramolecular Hbond substituents is 1. The summed E-state index contributed by atoms with van der Waals surface area (Å²) in [7, 11) is 0. The van der Waals surface area contributed by atoms with Crippen molar-refractivity contribution in [3.63, 3.8) is 0 Å². The molecule has 1 heterocycles. The van der Waals surface area contributed by atoms with E-state index >= 15 is 0 Å². The van der Waals surface area contributed by atoms with Crippen molar-refractivity contribution in [1.82, 2.24) is 5.43 Å². The van der Waals surface area contributed by atoms with Gasteiger partial charge < -0.3 is 10.0 Å². The summed E-state index contributed by atoms with van der Waals surface area (Å²) in [6.45, 7) is 4.35. The monoisotopic (exact) mass is 351 g/mol. The van der Waals surface area contributed by atoms with Crippen LogP contribution >= 0.6 is 0 Å². The largest absolute Gasteiger partial charge is 0.507 e. The van der Waals surface area contributed by atoms with Crippen LogP contribution in [0.1, 0.15) is 23.1 Å². The van der Waals surface area contributed by atoms with E-state index in [0.29, 0.717) is 12.1 Å². The molecule has 0 spiro atoms. The molecule has 1 saturated heterocycles. The molecule has 6 heteroatoms. The minimum Gasteiger partial charge on any atom is -0.507 e. The molecule has 0 saturated carbocycles. The number of aryl methyl sites for hydroxylation is 2. The molecule has 2 aromatic rings. The number of carbonyl (C=O) groups is 2. The van der Waals surface area contributed by atoms with E-state index in [9.17, 15) is 14.7 Å². The molecule has 1 aliphatic heterocycles. The number of amides is 2. The van der Waals surface area contributed by atoms with Crippen molar-refractivity contribution in [1.29, 1.82) is 0 Å². The maximum absolute atomic E-state index is 12.3. The summed E-state index contributed by atoms with van der Waals surface area (Å²) in [5.41, 5.74) is 6.04. The van der Waals surface area contributed by atoms with Gasteiger partial charge >= 0.3 is 0 Å². The van der Waals surface area contributed by atoms with Crippen molar-refractivity contribution < 1.29 is 14.7 Å². The van der Waals surface area contributed by atoms with Gasteiger partial charge in [-0.05, 0) is 49.2 Å². The molecule has 1 fully saturated rings. The average Bonchev–Trinajstić information content (AvgIpc) is 3.01. The van der Waals surface area contributed by atoms with Crippen LogP contribution in [0.25, 0.3) is 0 Å². The highest BCUT2D eigenvalue weighted by Crippen LogP contribution is 2.27. The van der Waals surface area contributed by atoms with Gasteiger partial charge in [0.05, 0.1) is 12.1 Å². The number of phenols is 1. The first-order chi connectivity index (χ1) is 12.5. The number of hydrogen-bond donors (Lipinski definition) is 2. The van der Waals surface area contributed by atoms with Crippen LogP contribution in [0, 0.1) is 19.8 Å². The second kappa shape index (κ2) is 7.39. The van der Waals surface area contributed by atoms with Gasteiger partial charge in [0, 0.05) is 24.2 Å². The zero-order valence-corrected chi connectivity index (χ0v) is 14.8. The van der Waals surface area contributed by atoms with Crippen LogP contribution in [0.5, 0.6) is 5.75 Å². The van der Waals surface area contributed by atoms with E-state index in [1.807, 2.05) is 32.0 Å². The van der Waals surface area contributed by atoms with Crippen molar-refractivity contribution >= 4 is 23.7 Å². The number of anilines is 1. The number of para-hydroxylation sites is 1. The Hall–Kier alpha value is -3.15. The first kappa shape index (κ1) is 17.7. The molecule has 0 radical (unpaired) electrons. The molecule has 2 N–H and O–H groups in total. The van der Waals surface area contributed by atoms with Crippen LogP contribution in [0.15, 0.2) is 47.6 Å². The van der Waals surface area contributed by atoms with Crippen molar-refractivity contribution in [2.24, 2.45) is 11.0 Å². The van der Waals surface area contributed by atoms with E-state index in [-0.39, 0.29) is 24.0 Å². The minimum absolute atomic E-state index is 0.0712. The Morgan fingerprint density at radius 1 is 1.23 bits per heavy atom. The van der Waals surface area contributed by atoms with Gasteiger partial charge in [0.2, 0.25) is 11.8 Å². The molecule has 0 aromatic heterocycles. The van der Waals surface area contributed by atoms with Crippen molar-refractivity contribution in [2.75, 3.05) is 11.4 Å². The Labute approximate surface area is 152 Å². The number of nitrogens with one attached hydrogen (secondary N) is 1. The zero-order chi connectivity index (χ0) is 18.7. The summed E-state index contributed by atoms with van der Waals surface area (Å²) >= 11 is 0. The molecule has 1 atom stereocenters. The third-order valence-electron chi connectivity index (χ3n) is 4.61. The molecule has 0 aliphatic carbocycles. The van der Waals surface area contributed by atoms with Gasteiger partial charge in [-0.2, -0.15) is 5.10 Å². The highest BCUT2D eigenvalue weighted by Gasteiger charge is 2.35. The Bertz CT molecular complexity index is 876. The third kappa shape index (κ3) is 3.74. The summed E-state index contributed by atoms with van der Waals surface area (Å²) in [4.78, 5) is 26.2. The number of hydrogen-bond acceptors (Lipinski definition) is 4. The smallest absolute Gasteiger partial charge is 0.245 e. The lowest BCUT2D eigenvalue weighted by molar-refractivity contribution is -0.126. The van der Waals surface area contributed by atoms with Gasteiger partial charge in [0.1, 0.15) is 5.75 Å². The Balaban J connectivity index is 1.63. The Kier molecular flexibility index (Phi) is 5.02. The fourth-order valence-electron chi connectivity index (χ4n) is 2.88. The molecule has 1 aliphatic rings. The fourth-order valence-corrected chi connectivity index (χ4v) is 2.88. The van der Waals surface area contributed by atoms with E-state index < -0.39 is 5.92 Å². The summed E-state index contributed by atoms with van der Waals surface area (Å²) in [5, 5.41) is 13.6. The van der Waals surface area contributed by atoms with E-state index in [1.54, 1.807) is 29.2 Å². The van der Waals surface area contributed by atoms with Crippen LogP contribution in [-0.4, -0.2) is 29.7 Å². The van der Waals surface area contributed by atoms with Crippen molar-refractivity contribution in [2.45, 2.75) is 20.3 Å². The third-order valence-corrected chi connectivity index (χ3v) is 4.61.